The average Bonchev–Trinajstić information content (AvgIpc) is 3.43. The molecule has 1 aliphatic carbocycles. The third-order valence-electron chi connectivity index (χ3n) is 4.46. The Balaban J connectivity index is 1.53. The van der Waals surface area contributed by atoms with Crippen LogP contribution >= 0.6 is 11.6 Å². The zero-order valence-corrected chi connectivity index (χ0v) is 16.0. The number of nitrogens with zero attached hydrogens (tertiary/aromatic N) is 4. The minimum Gasteiger partial charge on any atom is -0.490 e. The lowest BCUT2D eigenvalue weighted by Crippen LogP contribution is -2.05. The maximum atomic E-state index is 13.1. The molecule has 0 spiro atoms. The van der Waals surface area contributed by atoms with E-state index in [9.17, 15) is 13.2 Å². The van der Waals surface area contributed by atoms with Crippen molar-refractivity contribution in [3.63, 3.8) is 0 Å². The van der Waals surface area contributed by atoms with Crippen LogP contribution in [0.15, 0.2) is 36.7 Å². The van der Waals surface area contributed by atoms with E-state index in [1.54, 1.807) is 28.8 Å². The Morgan fingerprint density at radius 3 is 2.52 bits per heavy atom. The van der Waals surface area contributed by atoms with Crippen molar-refractivity contribution in [1.29, 1.82) is 0 Å². The van der Waals surface area contributed by atoms with Crippen LogP contribution in [0.2, 0.25) is 5.28 Å². The number of hydrogen-bond donors (Lipinski definition) is 0. The topological polar surface area (TPSA) is 62.1 Å². The fraction of sp³-hybridized carbons (Fsp3) is 0.316. The van der Waals surface area contributed by atoms with Crippen molar-refractivity contribution in [2.24, 2.45) is 0 Å². The molecule has 1 saturated carbocycles. The Labute approximate surface area is 169 Å². The second-order valence-corrected chi connectivity index (χ2v) is 6.92. The number of hydrogen-bond acceptors (Lipinski definition) is 5. The molecule has 0 atom stereocenters. The van der Waals surface area contributed by atoms with Gasteiger partial charge in [0.15, 0.2) is 11.4 Å². The first-order chi connectivity index (χ1) is 13.8. The van der Waals surface area contributed by atoms with Gasteiger partial charge in [-0.15, -0.1) is 0 Å². The summed E-state index contributed by atoms with van der Waals surface area (Å²) in [6, 6.07) is 7.06. The molecular formula is C19H16ClF3N4O2. The van der Waals surface area contributed by atoms with Gasteiger partial charge in [0.25, 0.3) is 5.88 Å². The Morgan fingerprint density at radius 1 is 1.17 bits per heavy atom. The molecule has 1 aliphatic rings. The monoisotopic (exact) mass is 424 g/mol. The molecule has 0 radical (unpaired) electrons. The maximum Gasteiger partial charge on any atom is 0.434 e. The highest BCUT2D eigenvalue weighted by Crippen LogP contribution is 2.40. The Bertz CT molecular complexity index is 1020. The number of halogens is 4. The molecule has 0 saturated heterocycles. The normalized spacial score (nSPS) is 14.1. The highest BCUT2D eigenvalue weighted by Gasteiger charge is 2.37. The van der Waals surface area contributed by atoms with Crippen LogP contribution < -0.4 is 9.47 Å². The van der Waals surface area contributed by atoms with Crippen LogP contribution in [0.5, 0.6) is 11.6 Å². The lowest BCUT2D eigenvalue weighted by molar-refractivity contribution is -0.140. The zero-order valence-electron chi connectivity index (χ0n) is 15.3. The van der Waals surface area contributed by atoms with Gasteiger partial charge in [0.2, 0.25) is 5.28 Å². The van der Waals surface area contributed by atoms with E-state index in [2.05, 4.69) is 15.0 Å². The zero-order chi connectivity index (χ0) is 20.6. The van der Waals surface area contributed by atoms with Crippen molar-refractivity contribution >= 4 is 11.6 Å². The summed E-state index contributed by atoms with van der Waals surface area (Å²) in [4.78, 5) is 11.6. The third kappa shape index (κ3) is 4.29. The summed E-state index contributed by atoms with van der Waals surface area (Å²) in [6.07, 6.45) is -0.259. The molecule has 0 amide bonds. The van der Waals surface area contributed by atoms with Gasteiger partial charge in [0.1, 0.15) is 12.4 Å². The van der Waals surface area contributed by atoms with E-state index in [-0.39, 0.29) is 23.8 Å². The largest absolute Gasteiger partial charge is 0.490 e. The van der Waals surface area contributed by atoms with E-state index >= 15 is 0 Å². The van der Waals surface area contributed by atoms with E-state index < -0.39 is 11.9 Å². The molecule has 0 unspecified atom stereocenters. The molecule has 0 N–H and O–H groups in total. The molecule has 3 aromatic rings. The molecule has 29 heavy (non-hydrogen) atoms. The summed E-state index contributed by atoms with van der Waals surface area (Å²) in [7, 11) is 1.46. The number of ether oxygens (including phenoxy) is 2. The Morgan fingerprint density at radius 2 is 1.90 bits per heavy atom. The lowest BCUT2D eigenvalue weighted by Gasteiger charge is -2.10. The van der Waals surface area contributed by atoms with Crippen LogP contribution in [0.25, 0.3) is 11.4 Å². The molecule has 1 aromatic carbocycles. The van der Waals surface area contributed by atoms with E-state index in [4.69, 9.17) is 21.1 Å². The van der Waals surface area contributed by atoms with E-state index in [0.29, 0.717) is 17.1 Å². The van der Waals surface area contributed by atoms with Crippen LogP contribution in [0.4, 0.5) is 13.2 Å². The molecule has 0 aliphatic heterocycles. The van der Waals surface area contributed by atoms with E-state index in [1.807, 2.05) is 0 Å². The van der Waals surface area contributed by atoms with Crippen LogP contribution in [0.3, 0.4) is 0 Å². The predicted molar refractivity (Wildman–Crippen MR) is 98.9 cm³/mol. The van der Waals surface area contributed by atoms with Crippen molar-refractivity contribution in [2.75, 3.05) is 7.11 Å². The number of rotatable bonds is 6. The first kappa shape index (κ1) is 19.5. The number of imidazole rings is 1. The van der Waals surface area contributed by atoms with Crippen LogP contribution in [-0.4, -0.2) is 26.6 Å². The first-order valence-electron chi connectivity index (χ1n) is 8.80. The SMILES string of the molecule is COc1cnc(Cl)nc1OCc1ccc(-c2nc(C(F)(F)F)cn2C2CC2)cc1. The van der Waals surface area contributed by atoms with Crippen LogP contribution in [-0.2, 0) is 12.8 Å². The summed E-state index contributed by atoms with van der Waals surface area (Å²) < 4.78 is 51.6. The van der Waals surface area contributed by atoms with Gasteiger partial charge in [-0.05, 0) is 30.0 Å². The van der Waals surface area contributed by atoms with E-state index in [0.717, 1.165) is 24.6 Å². The molecule has 152 valence electrons. The van der Waals surface area contributed by atoms with Gasteiger partial charge in [-0.3, -0.25) is 0 Å². The summed E-state index contributed by atoms with van der Waals surface area (Å²) in [5.41, 5.74) is 0.532. The van der Waals surface area contributed by atoms with Gasteiger partial charge in [0.05, 0.1) is 13.3 Å². The smallest absolute Gasteiger partial charge is 0.434 e. The Kier molecular flexibility index (Phi) is 5.08. The van der Waals surface area contributed by atoms with Gasteiger partial charge in [-0.25, -0.2) is 9.97 Å². The number of aromatic nitrogens is 4. The number of benzene rings is 1. The summed E-state index contributed by atoms with van der Waals surface area (Å²) in [6.45, 7) is 0.175. The highest BCUT2D eigenvalue weighted by molar-refractivity contribution is 6.28. The minimum atomic E-state index is -4.47. The quantitative estimate of drug-likeness (QED) is 0.525. The Hall–Kier alpha value is -2.81. The number of methoxy groups -OCH3 is 1. The van der Waals surface area contributed by atoms with Crippen molar-refractivity contribution in [1.82, 2.24) is 19.5 Å². The van der Waals surface area contributed by atoms with Crippen molar-refractivity contribution in [3.05, 3.63) is 53.2 Å². The summed E-state index contributed by atoms with van der Waals surface area (Å²) in [5.74, 6) is 0.865. The molecule has 0 bridgehead atoms. The molecule has 4 rings (SSSR count). The standard InChI is InChI=1S/C19H16ClF3N4O2/c1-28-14-8-24-18(20)26-17(14)29-10-11-2-4-12(5-3-11)16-25-15(19(21,22)23)9-27(16)13-6-7-13/h2-5,8-9,13H,6-7,10H2,1H3. The van der Waals surface area contributed by atoms with Crippen LogP contribution in [0, 0.1) is 0 Å². The van der Waals surface area contributed by atoms with Crippen LogP contribution in [0.1, 0.15) is 30.1 Å². The van der Waals surface area contributed by atoms with Crippen molar-refractivity contribution in [3.8, 4) is 23.0 Å². The molecule has 1 fully saturated rings. The summed E-state index contributed by atoms with van der Waals surface area (Å²) in [5, 5.41) is 0.0310. The minimum absolute atomic E-state index is 0.0310. The number of alkyl halides is 3. The van der Waals surface area contributed by atoms with Crippen molar-refractivity contribution < 1.29 is 22.6 Å². The fourth-order valence-corrected chi connectivity index (χ4v) is 2.98. The van der Waals surface area contributed by atoms with Gasteiger partial charge < -0.3 is 14.0 Å². The summed E-state index contributed by atoms with van der Waals surface area (Å²) >= 11 is 5.78. The predicted octanol–water partition coefficient (Wildman–Crippen LogP) is 4.93. The van der Waals surface area contributed by atoms with E-state index in [1.165, 1.54) is 13.3 Å². The second-order valence-electron chi connectivity index (χ2n) is 6.58. The highest BCUT2D eigenvalue weighted by atomic mass is 35.5. The first-order valence-corrected chi connectivity index (χ1v) is 9.17. The molecular weight excluding hydrogens is 409 g/mol. The molecule has 2 heterocycles. The van der Waals surface area contributed by atoms with Gasteiger partial charge in [-0.2, -0.15) is 18.2 Å². The second kappa shape index (κ2) is 7.55. The lowest BCUT2D eigenvalue weighted by atomic mass is 10.1. The molecule has 6 nitrogen and oxygen atoms in total. The van der Waals surface area contributed by atoms with Gasteiger partial charge in [-0.1, -0.05) is 24.3 Å². The molecule has 10 heteroatoms. The molecule has 2 aromatic heterocycles. The fourth-order valence-electron chi connectivity index (χ4n) is 2.85. The third-order valence-corrected chi connectivity index (χ3v) is 4.65. The average molecular weight is 425 g/mol. The maximum absolute atomic E-state index is 13.1. The van der Waals surface area contributed by atoms with Gasteiger partial charge in [0, 0.05) is 17.8 Å². The van der Waals surface area contributed by atoms with Crippen molar-refractivity contribution in [2.45, 2.75) is 31.7 Å². The van der Waals surface area contributed by atoms with Gasteiger partial charge >= 0.3 is 6.18 Å².